The van der Waals surface area contributed by atoms with Crippen LogP contribution >= 0.6 is 0 Å². The van der Waals surface area contributed by atoms with Crippen molar-refractivity contribution in [3.63, 3.8) is 0 Å². The van der Waals surface area contributed by atoms with Crippen molar-refractivity contribution >= 4 is 109 Å². The SMILES string of the molecule is c1ccc2c(c1)c1c(c3ccccc3c3c1c1cccc4c5ccccc5n3c41)c1c3cccc4c5ccccc5n(c43)c21. The van der Waals surface area contributed by atoms with E-state index in [1.54, 1.807) is 0 Å². The number of rotatable bonds is 0. The largest absolute Gasteiger partial charge is 0.307 e. The van der Waals surface area contributed by atoms with Crippen LogP contribution in [0.15, 0.2) is 133 Å². The number of hydrogen-bond donors (Lipinski definition) is 0. The van der Waals surface area contributed by atoms with E-state index in [1.165, 1.54) is 109 Å². The Morgan fingerprint density at radius 1 is 0.227 bits per heavy atom. The first-order chi connectivity index (χ1) is 21.9. The van der Waals surface area contributed by atoms with Gasteiger partial charge in [0.05, 0.1) is 33.1 Å². The minimum absolute atomic E-state index is 1.27. The average Bonchev–Trinajstić information content (AvgIpc) is 3.82. The summed E-state index contributed by atoms with van der Waals surface area (Å²) in [4.78, 5) is 0. The number of fused-ring (bicyclic) bond motifs is 21. The molecule has 0 aliphatic heterocycles. The van der Waals surface area contributed by atoms with E-state index < -0.39 is 0 Å². The van der Waals surface area contributed by atoms with Crippen molar-refractivity contribution in [3.05, 3.63) is 133 Å². The molecule has 0 saturated heterocycles. The Bertz CT molecular complexity index is 2990. The van der Waals surface area contributed by atoms with Gasteiger partial charge in [0.1, 0.15) is 0 Å². The van der Waals surface area contributed by atoms with Crippen molar-refractivity contribution in [2.45, 2.75) is 0 Å². The van der Waals surface area contributed by atoms with E-state index in [0.717, 1.165) is 0 Å². The predicted molar refractivity (Wildman–Crippen MR) is 188 cm³/mol. The molecule has 2 nitrogen and oxygen atoms in total. The van der Waals surface area contributed by atoms with E-state index in [2.05, 4.69) is 142 Å². The van der Waals surface area contributed by atoms with Crippen molar-refractivity contribution in [3.8, 4) is 0 Å². The molecule has 12 aromatic rings. The topological polar surface area (TPSA) is 8.82 Å². The molecule has 0 atom stereocenters. The third kappa shape index (κ3) is 2.21. The van der Waals surface area contributed by atoms with Crippen molar-refractivity contribution in [2.24, 2.45) is 0 Å². The normalized spacial score (nSPS) is 13.0. The Kier molecular flexibility index (Phi) is 3.56. The molecule has 12 rings (SSSR count). The fourth-order valence-corrected chi connectivity index (χ4v) is 9.00. The molecular formula is C42H22N2. The van der Waals surface area contributed by atoms with E-state index in [9.17, 15) is 0 Å². The summed E-state index contributed by atoms with van der Waals surface area (Å²) in [5.41, 5.74) is 7.82. The summed E-state index contributed by atoms with van der Waals surface area (Å²) in [6.07, 6.45) is 0. The van der Waals surface area contributed by atoms with Gasteiger partial charge in [-0.3, -0.25) is 0 Å². The van der Waals surface area contributed by atoms with E-state index in [1.807, 2.05) is 0 Å². The zero-order valence-corrected chi connectivity index (χ0v) is 23.6. The molecule has 4 heterocycles. The molecular weight excluding hydrogens is 532 g/mol. The predicted octanol–water partition coefficient (Wildman–Crippen LogP) is 11.4. The molecule has 0 saturated carbocycles. The Morgan fingerprint density at radius 2 is 0.545 bits per heavy atom. The molecule has 200 valence electrons. The maximum absolute atomic E-state index is 2.55. The second kappa shape index (κ2) is 7.19. The molecule has 0 aliphatic rings. The summed E-state index contributed by atoms with van der Waals surface area (Å²) in [7, 11) is 0. The van der Waals surface area contributed by atoms with Gasteiger partial charge in [0, 0.05) is 64.6 Å². The van der Waals surface area contributed by atoms with Gasteiger partial charge >= 0.3 is 0 Å². The van der Waals surface area contributed by atoms with Crippen molar-refractivity contribution in [2.75, 3.05) is 0 Å². The maximum atomic E-state index is 2.55. The molecule has 0 radical (unpaired) electrons. The average molecular weight is 555 g/mol. The van der Waals surface area contributed by atoms with Gasteiger partial charge in [0.25, 0.3) is 0 Å². The third-order valence-corrected chi connectivity index (χ3v) is 10.5. The van der Waals surface area contributed by atoms with E-state index >= 15 is 0 Å². The van der Waals surface area contributed by atoms with Crippen LogP contribution < -0.4 is 0 Å². The van der Waals surface area contributed by atoms with Crippen LogP contribution in [-0.2, 0) is 0 Å². The van der Waals surface area contributed by atoms with Gasteiger partial charge in [0.15, 0.2) is 0 Å². The number of para-hydroxylation sites is 4. The van der Waals surface area contributed by atoms with Gasteiger partial charge in [-0.15, -0.1) is 0 Å². The molecule has 0 unspecified atom stereocenters. The van der Waals surface area contributed by atoms with Crippen molar-refractivity contribution in [1.82, 2.24) is 8.80 Å². The maximum Gasteiger partial charge on any atom is 0.0626 e. The summed E-state index contributed by atoms with van der Waals surface area (Å²) in [5, 5.41) is 18.6. The van der Waals surface area contributed by atoms with Crippen LogP contribution in [0.3, 0.4) is 0 Å². The van der Waals surface area contributed by atoms with Gasteiger partial charge in [-0.25, -0.2) is 0 Å². The molecule has 0 N–H and O–H groups in total. The van der Waals surface area contributed by atoms with Crippen LogP contribution in [-0.4, -0.2) is 8.80 Å². The summed E-state index contributed by atoms with van der Waals surface area (Å²) in [5.74, 6) is 0. The number of aromatic nitrogens is 2. The number of nitrogens with zero attached hydrogens (tertiary/aromatic N) is 2. The second-order valence-electron chi connectivity index (χ2n) is 12.4. The van der Waals surface area contributed by atoms with Gasteiger partial charge < -0.3 is 8.80 Å². The third-order valence-electron chi connectivity index (χ3n) is 10.5. The van der Waals surface area contributed by atoms with Gasteiger partial charge in [-0.05, 0) is 22.9 Å². The Balaban J connectivity index is 1.52. The molecule has 44 heavy (non-hydrogen) atoms. The first kappa shape index (κ1) is 21.8. The van der Waals surface area contributed by atoms with Crippen molar-refractivity contribution in [1.29, 1.82) is 0 Å². The first-order valence-electron chi connectivity index (χ1n) is 15.4. The molecule has 0 spiro atoms. The highest BCUT2D eigenvalue weighted by atomic mass is 14.9. The second-order valence-corrected chi connectivity index (χ2v) is 12.4. The van der Waals surface area contributed by atoms with Crippen LogP contribution in [0, 0.1) is 0 Å². The molecule has 0 fully saturated rings. The summed E-state index contributed by atoms with van der Waals surface area (Å²) >= 11 is 0. The van der Waals surface area contributed by atoms with Gasteiger partial charge in [-0.2, -0.15) is 0 Å². The summed E-state index contributed by atoms with van der Waals surface area (Å²) in [6, 6.07) is 49.8. The number of hydrogen-bond acceptors (Lipinski definition) is 0. The lowest BCUT2D eigenvalue weighted by Crippen LogP contribution is -1.90. The highest BCUT2D eigenvalue weighted by Gasteiger charge is 2.27. The lowest BCUT2D eigenvalue weighted by Gasteiger charge is -2.14. The number of benzene rings is 8. The Morgan fingerprint density at radius 3 is 1.00 bits per heavy atom. The van der Waals surface area contributed by atoms with Gasteiger partial charge in [0.2, 0.25) is 0 Å². The molecule has 4 aromatic heterocycles. The Hall–Kier alpha value is -5.86. The molecule has 0 bridgehead atoms. The highest BCUT2D eigenvalue weighted by Crippen LogP contribution is 2.52. The molecule has 0 aliphatic carbocycles. The summed E-state index contributed by atoms with van der Waals surface area (Å²) < 4.78 is 5.10. The van der Waals surface area contributed by atoms with Crippen LogP contribution in [0.1, 0.15) is 0 Å². The first-order valence-corrected chi connectivity index (χ1v) is 15.4. The van der Waals surface area contributed by atoms with E-state index in [-0.39, 0.29) is 0 Å². The zero-order chi connectivity index (χ0) is 28.3. The van der Waals surface area contributed by atoms with Gasteiger partial charge in [-0.1, -0.05) is 121 Å². The molecule has 2 heteroatoms. The smallest absolute Gasteiger partial charge is 0.0626 e. The van der Waals surface area contributed by atoms with Crippen LogP contribution in [0.5, 0.6) is 0 Å². The minimum atomic E-state index is 1.27. The van der Waals surface area contributed by atoms with E-state index in [4.69, 9.17) is 0 Å². The fourth-order valence-electron chi connectivity index (χ4n) is 9.00. The van der Waals surface area contributed by atoms with Crippen LogP contribution in [0.2, 0.25) is 0 Å². The fraction of sp³-hybridized carbons (Fsp3) is 0. The quantitative estimate of drug-likeness (QED) is 0.165. The summed E-state index contributed by atoms with van der Waals surface area (Å²) in [6.45, 7) is 0. The Labute approximate surface area is 250 Å². The van der Waals surface area contributed by atoms with Crippen LogP contribution in [0.25, 0.3) is 109 Å². The zero-order valence-electron chi connectivity index (χ0n) is 23.6. The monoisotopic (exact) mass is 554 g/mol. The lowest BCUT2D eigenvalue weighted by atomic mass is 9.89. The van der Waals surface area contributed by atoms with E-state index in [0.29, 0.717) is 0 Å². The van der Waals surface area contributed by atoms with Crippen LogP contribution in [0.4, 0.5) is 0 Å². The molecule has 8 aromatic carbocycles. The lowest BCUT2D eigenvalue weighted by molar-refractivity contribution is 1.38. The minimum Gasteiger partial charge on any atom is -0.307 e. The van der Waals surface area contributed by atoms with Crippen molar-refractivity contribution < 1.29 is 0 Å². The molecule has 0 amide bonds. The highest BCUT2D eigenvalue weighted by molar-refractivity contribution is 6.47. The standard InChI is InChI=1S/C42H22N2/c1-3-15-29-25(13-1)35-36(38-32-20-10-18-28-23-11-5-7-21-33(23)43(40(28)32)41(29)38)26-14-2-4-16-30(26)42-37(35)31-19-9-17-27-24-12-6-8-22-34(24)44(42)39(27)31/h1-22H.